The standard InChI is InChI=1S/C23H19ClF3N5OS/c24-13-7-5-12(6-8-13)16-9-19(23(25,26)27)32-20(29-16)10-17(31-32)21(33)30-22-15(11-28)14-3-1-2-4-18(14)34-22/h5-8,10,16,19,29H,1-4,9H2,(H,30,33)/t16-,19+/m1/s1. The minimum atomic E-state index is -4.55. The highest BCUT2D eigenvalue weighted by Gasteiger charge is 2.46. The number of anilines is 2. The Bertz CT molecular complexity index is 1290. The maximum atomic E-state index is 13.9. The summed E-state index contributed by atoms with van der Waals surface area (Å²) in [5, 5.41) is 20.3. The fourth-order valence-corrected chi connectivity index (χ4v) is 5.90. The van der Waals surface area contributed by atoms with E-state index < -0.39 is 24.2 Å². The molecule has 5 rings (SSSR count). The molecule has 2 aliphatic rings. The fourth-order valence-electron chi connectivity index (χ4n) is 4.54. The number of nitriles is 1. The average Bonchev–Trinajstić information content (AvgIpc) is 3.39. The molecule has 11 heteroatoms. The average molecular weight is 506 g/mol. The minimum Gasteiger partial charge on any atom is -0.363 e. The number of thiophene rings is 1. The van der Waals surface area contributed by atoms with E-state index in [0.717, 1.165) is 40.8 Å². The van der Waals surface area contributed by atoms with Gasteiger partial charge in [0.2, 0.25) is 0 Å². The van der Waals surface area contributed by atoms with Crippen molar-refractivity contribution in [1.82, 2.24) is 9.78 Å². The van der Waals surface area contributed by atoms with E-state index in [2.05, 4.69) is 21.8 Å². The summed E-state index contributed by atoms with van der Waals surface area (Å²) in [6.07, 6.45) is -1.18. The number of aromatic nitrogens is 2. The Morgan fingerprint density at radius 1 is 1.26 bits per heavy atom. The van der Waals surface area contributed by atoms with Crippen LogP contribution in [0.1, 0.15) is 63.4 Å². The van der Waals surface area contributed by atoms with Gasteiger partial charge in [-0.25, -0.2) is 4.68 Å². The van der Waals surface area contributed by atoms with Crippen molar-refractivity contribution in [3.63, 3.8) is 0 Å². The maximum absolute atomic E-state index is 13.9. The molecule has 0 unspecified atom stereocenters. The number of nitrogens with one attached hydrogen (secondary N) is 2. The number of benzene rings is 1. The number of alkyl halides is 3. The summed E-state index contributed by atoms with van der Waals surface area (Å²) < 4.78 is 42.6. The molecule has 1 aliphatic heterocycles. The van der Waals surface area contributed by atoms with Crippen LogP contribution in [-0.2, 0) is 12.8 Å². The number of rotatable bonds is 3. The zero-order chi connectivity index (χ0) is 24.0. The molecule has 6 nitrogen and oxygen atoms in total. The van der Waals surface area contributed by atoms with Crippen LogP contribution in [-0.4, -0.2) is 21.9 Å². The Morgan fingerprint density at radius 2 is 2.00 bits per heavy atom. The van der Waals surface area contributed by atoms with Gasteiger partial charge in [0.05, 0.1) is 11.6 Å². The monoisotopic (exact) mass is 505 g/mol. The molecular weight excluding hydrogens is 487 g/mol. The zero-order valence-electron chi connectivity index (χ0n) is 17.7. The molecule has 2 N–H and O–H groups in total. The number of carbonyl (C=O) groups excluding carboxylic acids is 1. The van der Waals surface area contributed by atoms with Crippen LogP contribution in [0.3, 0.4) is 0 Å². The van der Waals surface area contributed by atoms with Gasteiger partial charge >= 0.3 is 6.18 Å². The summed E-state index contributed by atoms with van der Waals surface area (Å²) in [5.74, 6) is -0.549. The van der Waals surface area contributed by atoms with Crippen LogP contribution in [0, 0.1) is 11.3 Å². The van der Waals surface area contributed by atoms with Gasteiger partial charge in [0, 0.05) is 22.4 Å². The first kappa shape index (κ1) is 22.7. The Morgan fingerprint density at radius 3 is 2.71 bits per heavy atom. The molecule has 2 atom stereocenters. The van der Waals surface area contributed by atoms with E-state index in [1.807, 2.05) is 0 Å². The predicted octanol–water partition coefficient (Wildman–Crippen LogP) is 6.26. The highest BCUT2D eigenvalue weighted by Crippen LogP contribution is 2.44. The molecular formula is C23H19ClF3N5OS. The largest absolute Gasteiger partial charge is 0.410 e. The highest BCUT2D eigenvalue weighted by atomic mass is 35.5. The first-order valence-electron chi connectivity index (χ1n) is 10.8. The van der Waals surface area contributed by atoms with Crippen LogP contribution < -0.4 is 10.6 Å². The molecule has 3 heterocycles. The van der Waals surface area contributed by atoms with Gasteiger partial charge in [0.25, 0.3) is 5.91 Å². The molecule has 0 saturated heterocycles. The van der Waals surface area contributed by atoms with Crippen molar-refractivity contribution in [2.24, 2.45) is 0 Å². The molecule has 0 radical (unpaired) electrons. The molecule has 1 aliphatic carbocycles. The number of hydrogen-bond acceptors (Lipinski definition) is 5. The molecule has 3 aromatic rings. The second-order valence-corrected chi connectivity index (χ2v) is 9.92. The van der Waals surface area contributed by atoms with Crippen LogP contribution >= 0.6 is 22.9 Å². The third-order valence-electron chi connectivity index (χ3n) is 6.21. The van der Waals surface area contributed by atoms with Crippen molar-refractivity contribution in [3.8, 4) is 6.07 Å². The minimum absolute atomic E-state index is 0.102. The molecule has 0 fully saturated rings. The topological polar surface area (TPSA) is 82.7 Å². The SMILES string of the molecule is N#Cc1c(NC(=O)c2cc3n(n2)[C@H](C(F)(F)F)C[C@H](c2ccc(Cl)cc2)N3)sc2c1CCCC2. The van der Waals surface area contributed by atoms with Crippen molar-refractivity contribution >= 4 is 39.7 Å². The lowest BCUT2D eigenvalue weighted by atomic mass is 9.96. The lowest BCUT2D eigenvalue weighted by Crippen LogP contribution is -2.35. The first-order chi connectivity index (χ1) is 16.2. The summed E-state index contributed by atoms with van der Waals surface area (Å²) in [7, 11) is 0. The number of aryl methyl sites for hydroxylation is 1. The quantitative estimate of drug-likeness (QED) is 0.440. The van der Waals surface area contributed by atoms with E-state index in [9.17, 15) is 23.2 Å². The van der Waals surface area contributed by atoms with Crippen molar-refractivity contribution < 1.29 is 18.0 Å². The van der Waals surface area contributed by atoms with Crippen molar-refractivity contribution in [2.75, 3.05) is 10.6 Å². The number of amides is 1. The van der Waals surface area contributed by atoms with Crippen molar-refractivity contribution in [3.05, 3.63) is 62.6 Å². The fraction of sp³-hybridized carbons (Fsp3) is 0.348. The molecule has 1 aromatic carbocycles. The summed E-state index contributed by atoms with van der Waals surface area (Å²) >= 11 is 7.27. The van der Waals surface area contributed by atoms with Gasteiger partial charge in [0.15, 0.2) is 11.7 Å². The van der Waals surface area contributed by atoms with Crippen LogP contribution in [0.2, 0.25) is 5.02 Å². The van der Waals surface area contributed by atoms with Gasteiger partial charge in [-0.1, -0.05) is 23.7 Å². The van der Waals surface area contributed by atoms with Gasteiger partial charge in [0.1, 0.15) is 16.9 Å². The Labute approximate surface area is 202 Å². The van der Waals surface area contributed by atoms with Crippen LogP contribution in [0.25, 0.3) is 0 Å². The van der Waals surface area contributed by atoms with Crippen molar-refractivity contribution in [1.29, 1.82) is 5.26 Å². The van der Waals surface area contributed by atoms with Gasteiger partial charge in [-0.3, -0.25) is 4.79 Å². The van der Waals surface area contributed by atoms with Gasteiger partial charge in [-0.15, -0.1) is 11.3 Å². The molecule has 1 amide bonds. The summed E-state index contributed by atoms with van der Waals surface area (Å²) in [5.41, 5.74) is 1.90. The maximum Gasteiger partial charge on any atom is 0.410 e. The number of halogens is 4. The molecule has 34 heavy (non-hydrogen) atoms. The third kappa shape index (κ3) is 4.14. The van der Waals surface area contributed by atoms with Crippen LogP contribution in [0.15, 0.2) is 30.3 Å². The Hall–Kier alpha value is -3.03. The van der Waals surface area contributed by atoms with E-state index in [1.165, 1.54) is 17.4 Å². The third-order valence-corrected chi connectivity index (χ3v) is 7.66. The van der Waals surface area contributed by atoms with E-state index >= 15 is 0 Å². The first-order valence-corrected chi connectivity index (χ1v) is 12.0. The molecule has 2 aromatic heterocycles. The number of nitrogens with zero attached hydrogens (tertiary/aromatic N) is 3. The molecule has 0 spiro atoms. The summed E-state index contributed by atoms with van der Waals surface area (Å²) in [4.78, 5) is 14.0. The number of hydrogen-bond donors (Lipinski definition) is 2. The second-order valence-electron chi connectivity index (χ2n) is 8.38. The normalized spacial score (nSPS) is 19.5. The van der Waals surface area contributed by atoms with Gasteiger partial charge in [-0.2, -0.15) is 23.5 Å². The van der Waals surface area contributed by atoms with Crippen LogP contribution in [0.4, 0.5) is 24.0 Å². The highest BCUT2D eigenvalue weighted by molar-refractivity contribution is 7.16. The summed E-state index contributed by atoms with van der Waals surface area (Å²) in [6, 6.07) is 7.56. The van der Waals surface area contributed by atoms with E-state index in [1.54, 1.807) is 24.3 Å². The molecule has 0 bridgehead atoms. The number of carbonyl (C=O) groups is 1. The van der Waals surface area contributed by atoms with Gasteiger partial charge in [-0.05, 0) is 48.9 Å². The van der Waals surface area contributed by atoms with Gasteiger partial charge < -0.3 is 10.6 Å². The second kappa shape index (κ2) is 8.64. The Balaban J connectivity index is 1.45. The molecule has 176 valence electrons. The van der Waals surface area contributed by atoms with E-state index in [4.69, 9.17) is 11.6 Å². The van der Waals surface area contributed by atoms with E-state index in [-0.39, 0.29) is 17.9 Å². The van der Waals surface area contributed by atoms with E-state index in [0.29, 0.717) is 21.2 Å². The smallest absolute Gasteiger partial charge is 0.363 e. The zero-order valence-corrected chi connectivity index (χ0v) is 19.3. The lowest BCUT2D eigenvalue weighted by Gasteiger charge is -2.33. The molecule has 0 saturated carbocycles. The summed E-state index contributed by atoms with van der Waals surface area (Å²) in [6.45, 7) is 0. The lowest BCUT2D eigenvalue weighted by molar-refractivity contribution is -0.173. The number of fused-ring (bicyclic) bond motifs is 2. The Kier molecular flexibility index (Phi) is 5.78. The van der Waals surface area contributed by atoms with Crippen molar-refractivity contribution in [2.45, 2.75) is 50.4 Å². The predicted molar refractivity (Wildman–Crippen MR) is 123 cm³/mol. The van der Waals surface area contributed by atoms with Crippen LogP contribution in [0.5, 0.6) is 0 Å².